The third kappa shape index (κ3) is 3.75. The number of hydrogen-bond donors (Lipinski definition) is 1. The lowest BCUT2D eigenvalue weighted by Crippen LogP contribution is -2.11. The number of nitrogens with one attached hydrogen (secondary N) is 1. The van der Waals surface area contributed by atoms with Crippen LogP contribution < -0.4 is 10.1 Å². The summed E-state index contributed by atoms with van der Waals surface area (Å²) in [7, 11) is 0. The summed E-state index contributed by atoms with van der Waals surface area (Å²) in [5, 5.41) is 3.21. The van der Waals surface area contributed by atoms with Crippen molar-refractivity contribution in [2.75, 3.05) is 11.9 Å². The minimum Gasteiger partial charge on any atom is -0.494 e. The Bertz CT molecular complexity index is 569. The van der Waals surface area contributed by atoms with Crippen LogP contribution in [0.3, 0.4) is 0 Å². The maximum atomic E-state index is 12.0. The molecule has 1 N–H and O–H groups in total. The average molecular weight is 277 g/mol. The molecule has 0 aliphatic carbocycles. The van der Waals surface area contributed by atoms with E-state index in [0.717, 1.165) is 6.42 Å². The molecule has 0 radical (unpaired) electrons. The van der Waals surface area contributed by atoms with E-state index in [0.29, 0.717) is 28.9 Å². The summed E-state index contributed by atoms with van der Waals surface area (Å²) in [6.45, 7) is 4.46. The Hall–Kier alpha value is -1.95. The molecule has 0 atom stereocenters. The van der Waals surface area contributed by atoms with Crippen LogP contribution in [0.15, 0.2) is 24.3 Å². The van der Waals surface area contributed by atoms with Gasteiger partial charge in [-0.25, -0.2) is 4.98 Å². The summed E-state index contributed by atoms with van der Waals surface area (Å²) < 4.78 is 9.51. The zero-order valence-electron chi connectivity index (χ0n) is 10.8. The molecule has 5 nitrogen and oxygen atoms in total. The van der Waals surface area contributed by atoms with E-state index in [9.17, 15) is 4.79 Å². The number of aryl methyl sites for hydroxylation is 1. The third-order valence-electron chi connectivity index (χ3n) is 2.32. The second-order valence-corrected chi connectivity index (χ2v) is 4.73. The monoisotopic (exact) mass is 277 g/mol. The van der Waals surface area contributed by atoms with Gasteiger partial charge in [0.2, 0.25) is 5.13 Å². The standard InChI is InChI=1S/C13H15N3O2S/c1-3-7-18-11-6-4-5-10(8-11)12(17)15-13-14-9(2)16-19-13/h4-6,8H,3,7H2,1-2H3,(H,14,15,16,17). The van der Waals surface area contributed by atoms with Gasteiger partial charge in [-0.3, -0.25) is 10.1 Å². The normalized spacial score (nSPS) is 10.2. The molecule has 1 amide bonds. The van der Waals surface area contributed by atoms with E-state index in [2.05, 4.69) is 14.7 Å². The van der Waals surface area contributed by atoms with Crippen LogP contribution >= 0.6 is 11.5 Å². The van der Waals surface area contributed by atoms with Gasteiger partial charge >= 0.3 is 0 Å². The van der Waals surface area contributed by atoms with Crippen LogP contribution in [0.2, 0.25) is 0 Å². The first kappa shape index (κ1) is 13.5. The van der Waals surface area contributed by atoms with Crippen LogP contribution in [-0.2, 0) is 0 Å². The van der Waals surface area contributed by atoms with Crippen LogP contribution in [0, 0.1) is 6.92 Å². The van der Waals surface area contributed by atoms with Crippen molar-refractivity contribution in [1.29, 1.82) is 0 Å². The number of anilines is 1. The second kappa shape index (κ2) is 6.29. The number of ether oxygens (including phenoxy) is 1. The van der Waals surface area contributed by atoms with Crippen LogP contribution in [0.4, 0.5) is 5.13 Å². The average Bonchev–Trinajstić information content (AvgIpc) is 2.82. The van der Waals surface area contributed by atoms with Gasteiger partial charge in [0.25, 0.3) is 5.91 Å². The topological polar surface area (TPSA) is 64.1 Å². The summed E-state index contributed by atoms with van der Waals surface area (Å²) in [5.41, 5.74) is 0.543. The number of benzene rings is 1. The highest BCUT2D eigenvalue weighted by molar-refractivity contribution is 7.09. The Morgan fingerprint density at radius 3 is 3.00 bits per heavy atom. The smallest absolute Gasteiger partial charge is 0.257 e. The van der Waals surface area contributed by atoms with E-state index in [1.165, 1.54) is 11.5 Å². The number of rotatable bonds is 5. The van der Waals surface area contributed by atoms with Crippen molar-refractivity contribution in [1.82, 2.24) is 9.36 Å². The quantitative estimate of drug-likeness (QED) is 0.912. The fourth-order valence-electron chi connectivity index (χ4n) is 1.46. The van der Waals surface area contributed by atoms with Crippen LogP contribution in [0.25, 0.3) is 0 Å². The Morgan fingerprint density at radius 1 is 1.47 bits per heavy atom. The highest BCUT2D eigenvalue weighted by Crippen LogP contribution is 2.16. The van der Waals surface area contributed by atoms with E-state index >= 15 is 0 Å². The molecule has 0 bridgehead atoms. The maximum absolute atomic E-state index is 12.0. The highest BCUT2D eigenvalue weighted by atomic mass is 32.1. The molecule has 1 aromatic heterocycles. The predicted octanol–water partition coefficient (Wildman–Crippen LogP) is 2.89. The van der Waals surface area contributed by atoms with Crippen molar-refractivity contribution >= 4 is 22.6 Å². The van der Waals surface area contributed by atoms with E-state index < -0.39 is 0 Å². The first-order valence-corrected chi connectivity index (χ1v) is 6.81. The molecule has 0 aliphatic rings. The van der Waals surface area contributed by atoms with Crippen molar-refractivity contribution in [3.05, 3.63) is 35.7 Å². The molecule has 2 rings (SSSR count). The van der Waals surface area contributed by atoms with Gasteiger partial charge in [-0.05, 0) is 31.5 Å². The molecule has 0 unspecified atom stereocenters. The Labute approximate surface area is 115 Å². The number of nitrogens with zero attached hydrogens (tertiary/aromatic N) is 2. The molecule has 1 aromatic carbocycles. The molecular formula is C13H15N3O2S. The molecule has 1 heterocycles. The fourth-order valence-corrected chi connectivity index (χ4v) is 2.03. The summed E-state index contributed by atoms with van der Waals surface area (Å²) in [5.74, 6) is 1.14. The van der Waals surface area contributed by atoms with Crippen LogP contribution in [0.5, 0.6) is 5.75 Å². The van der Waals surface area contributed by atoms with Crippen molar-refractivity contribution < 1.29 is 9.53 Å². The van der Waals surface area contributed by atoms with Gasteiger partial charge in [0, 0.05) is 17.1 Å². The van der Waals surface area contributed by atoms with Gasteiger partial charge in [-0.1, -0.05) is 13.0 Å². The highest BCUT2D eigenvalue weighted by Gasteiger charge is 2.09. The fraction of sp³-hybridized carbons (Fsp3) is 0.308. The van der Waals surface area contributed by atoms with Gasteiger partial charge in [-0.2, -0.15) is 4.37 Å². The molecule has 100 valence electrons. The van der Waals surface area contributed by atoms with E-state index in [-0.39, 0.29) is 5.91 Å². The molecule has 0 saturated carbocycles. The Kier molecular flexibility index (Phi) is 4.46. The van der Waals surface area contributed by atoms with Crippen molar-refractivity contribution in [2.24, 2.45) is 0 Å². The third-order valence-corrected chi connectivity index (χ3v) is 3.04. The number of hydrogen-bond acceptors (Lipinski definition) is 5. The lowest BCUT2D eigenvalue weighted by atomic mass is 10.2. The minimum absolute atomic E-state index is 0.210. The molecule has 0 aliphatic heterocycles. The van der Waals surface area contributed by atoms with E-state index in [4.69, 9.17) is 4.74 Å². The molecule has 0 saturated heterocycles. The van der Waals surface area contributed by atoms with Gasteiger partial charge in [0.15, 0.2) is 0 Å². The van der Waals surface area contributed by atoms with Crippen LogP contribution in [-0.4, -0.2) is 21.9 Å². The second-order valence-electron chi connectivity index (χ2n) is 3.98. The zero-order chi connectivity index (χ0) is 13.7. The summed E-state index contributed by atoms with van der Waals surface area (Å²) in [6, 6.07) is 7.09. The van der Waals surface area contributed by atoms with E-state index in [1.54, 1.807) is 25.1 Å². The lowest BCUT2D eigenvalue weighted by Gasteiger charge is -2.06. The van der Waals surface area contributed by atoms with Gasteiger partial charge < -0.3 is 4.74 Å². The minimum atomic E-state index is -0.210. The molecule has 0 fully saturated rings. The molecule has 2 aromatic rings. The van der Waals surface area contributed by atoms with Crippen molar-refractivity contribution in [3.63, 3.8) is 0 Å². The molecule has 0 spiro atoms. The Morgan fingerprint density at radius 2 is 2.32 bits per heavy atom. The predicted molar refractivity (Wildman–Crippen MR) is 74.8 cm³/mol. The zero-order valence-corrected chi connectivity index (χ0v) is 11.7. The SMILES string of the molecule is CCCOc1cccc(C(=O)Nc2nc(C)ns2)c1. The molecule has 6 heteroatoms. The summed E-state index contributed by atoms with van der Waals surface area (Å²) >= 11 is 1.17. The first-order valence-electron chi connectivity index (χ1n) is 6.03. The number of carbonyl (C=O) groups excluding carboxylic acids is 1. The largest absolute Gasteiger partial charge is 0.494 e. The number of amides is 1. The first-order chi connectivity index (χ1) is 9.19. The lowest BCUT2D eigenvalue weighted by molar-refractivity contribution is 0.102. The molecular weight excluding hydrogens is 262 g/mol. The van der Waals surface area contributed by atoms with Gasteiger partial charge in [0.05, 0.1) is 6.61 Å². The Balaban J connectivity index is 2.06. The van der Waals surface area contributed by atoms with Gasteiger partial charge in [0.1, 0.15) is 11.6 Å². The summed E-state index contributed by atoms with van der Waals surface area (Å²) in [6.07, 6.45) is 0.931. The van der Waals surface area contributed by atoms with Gasteiger partial charge in [-0.15, -0.1) is 0 Å². The number of aromatic nitrogens is 2. The van der Waals surface area contributed by atoms with E-state index in [1.807, 2.05) is 13.0 Å². The number of carbonyl (C=O) groups is 1. The van der Waals surface area contributed by atoms with Crippen molar-refractivity contribution in [2.45, 2.75) is 20.3 Å². The maximum Gasteiger partial charge on any atom is 0.257 e. The summed E-state index contributed by atoms with van der Waals surface area (Å²) in [4.78, 5) is 16.1. The van der Waals surface area contributed by atoms with Crippen LogP contribution in [0.1, 0.15) is 29.5 Å². The molecule has 19 heavy (non-hydrogen) atoms. The van der Waals surface area contributed by atoms with Crippen molar-refractivity contribution in [3.8, 4) is 5.75 Å².